The Labute approximate surface area is 167 Å². The van der Waals surface area contributed by atoms with Crippen molar-refractivity contribution in [1.29, 1.82) is 0 Å². The number of carbonyl (C=O) groups excluding carboxylic acids is 1. The third kappa shape index (κ3) is 4.58. The van der Waals surface area contributed by atoms with E-state index in [0.29, 0.717) is 21.3 Å². The molecule has 2 heterocycles. The molecule has 0 bridgehead atoms. The Kier molecular flexibility index (Phi) is 5.72. The van der Waals surface area contributed by atoms with Gasteiger partial charge in [-0.3, -0.25) is 0 Å². The normalized spacial score (nSPS) is 15.2. The minimum atomic E-state index is -0.603. The number of anilines is 1. The van der Waals surface area contributed by atoms with Gasteiger partial charge in [0.05, 0.1) is 16.8 Å². The fourth-order valence-corrected chi connectivity index (χ4v) is 4.48. The third-order valence-electron chi connectivity index (χ3n) is 4.34. The van der Waals surface area contributed by atoms with Crippen LogP contribution in [0.15, 0.2) is 12.3 Å². The average molecular weight is 412 g/mol. The quantitative estimate of drug-likeness (QED) is 0.582. The molecule has 0 unspecified atom stereocenters. The van der Waals surface area contributed by atoms with E-state index in [4.69, 9.17) is 16.3 Å². The molecular weight excluding hydrogens is 389 g/mol. The molecule has 146 valence electrons. The zero-order valence-corrected chi connectivity index (χ0v) is 17.5. The number of pyridine rings is 1. The lowest BCUT2D eigenvalue weighted by Gasteiger charge is -2.29. The van der Waals surface area contributed by atoms with Crippen LogP contribution < -0.4 is 4.90 Å². The maximum Gasteiger partial charge on any atom is 0.416 e. The molecule has 1 fully saturated rings. The summed E-state index contributed by atoms with van der Waals surface area (Å²) in [7, 11) is 0. The molecular formula is C19H23ClFN3O2S. The fraction of sp³-hybridized carbons (Fsp3) is 0.526. The molecule has 27 heavy (non-hydrogen) atoms. The number of rotatable bonds is 3. The lowest BCUT2D eigenvalue weighted by atomic mass is 10.2. The highest BCUT2D eigenvalue weighted by molar-refractivity contribution is 7.19. The number of ether oxygens (including phenoxy) is 1. The second-order valence-corrected chi connectivity index (χ2v) is 9.05. The lowest BCUT2D eigenvalue weighted by molar-refractivity contribution is 0.0566. The van der Waals surface area contributed by atoms with E-state index in [2.05, 4.69) is 9.97 Å². The van der Waals surface area contributed by atoms with Crippen molar-refractivity contribution in [3.63, 3.8) is 0 Å². The lowest BCUT2D eigenvalue weighted by Crippen LogP contribution is -2.42. The van der Waals surface area contributed by atoms with Gasteiger partial charge in [-0.15, -0.1) is 0 Å². The summed E-state index contributed by atoms with van der Waals surface area (Å²) in [5.41, 5.74) is 0.378. The molecule has 0 radical (unpaired) electrons. The Hall–Kier alpha value is -1.73. The molecule has 1 amide bonds. The van der Waals surface area contributed by atoms with Crippen molar-refractivity contribution in [3.05, 3.63) is 28.9 Å². The number of aryl methyl sites for hydroxylation is 1. The van der Waals surface area contributed by atoms with Gasteiger partial charge in [-0.25, -0.2) is 24.1 Å². The molecule has 1 saturated carbocycles. The number of hydrogen-bond donors (Lipinski definition) is 0. The highest BCUT2D eigenvalue weighted by Crippen LogP contribution is 2.39. The van der Waals surface area contributed by atoms with Gasteiger partial charge < -0.3 is 4.74 Å². The first-order valence-electron chi connectivity index (χ1n) is 8.97. The summed E-state index contributed by atoms with van der Waals surface area (Å²) in [6.45, 7) is 7.31. The molecule has 0 saturated heterocycles. The van der Waals surface area contributed by atoms with Crippen LogP contribution in [0.3, 0.4) is 0 Å². The topological polar surface area (TPSA) is 55.3 Å². The molecule has 1 aliphatic rings. The van der Waals surface area contributed by atoms with Crippen molar-refractivity contribution < 1.29 is 13.9 Å². The number of amides is 1. The van der Waals surface area contributed by atoms with Gasteiger partial charge in [0.2, 0.25) is 0 Å². The number of halogens is 2. The van der Waals surface area contributed by atoms with E-state index in [1.165, 1.54) is 17.4 Å². The molecule has 0 aromatic carbocycles. The fourth-order valence-electron chi connectivity index (χ4n) is 3.18. The smallest absolute Gasteiger partial charge is 0.416 e. The molecule has 5 nitrogen and oxygen atoms in total. The van der Waals surface area contributed by atoms with E-state index < -0.39 is 17.5 Å². The number of carbonyl (C=O) groups is 1. The average Bonchev–Trinajstić information content (AvgIpc) is 3.19. The number of hydrogen-bond acceptors (Lipinski definition) is 5. The molecule has 0 atom stereocenters. The summed E-state index contributed by atoms with van der Waals surface area (Å²) in [6, 6.07) is 1.53. The zero-order chi connectivity index (χ0) is 19.8. The minimum absolute atomic E-state index is 0.0455. The first-order chi connectivity index (χ1) is 12.7. The Morgan fingerprint density at radius 1 is 1.37 bits per heavy atom. The van der Waals surface area contributed by atoms with Gasteiger partial charge in [-0.05, 0) is 46.6 Å². The summed E-state index contributed by atoms with van der Waals surface area (Å²) < 4.78 is 19.9. The predicted octanol–water partition coefficient (Wildman–Crippen LogP) is 5.99. The summed E-state index contributed by atoms with van der Waals surface area (Å²) in [6.07, 6.45) is 4.62. The highest BCUT2D eigenvalue weighted by atomic mass is 35.5. The molecule has 2 aromatic rings. The number of nitrogens with zero attached hydrogens (tertiary/aromatic N) is 3. The Balaban J connectivity index is 2.00. The van der Waals surface area contributed by atoms with Crippen LogP contribution >= 0.6 is 22.9 Å². The van der Waals surface area contributed by atoms with E-state index in [0.717, 1.165) is 31.9 Å². The standard InChI is InChI=1S/C19H23ClFN3O2S/c1-11-16(13-9-15(20)22-10-14(13)21)27-17(23-11)24(12-7-5-6-8-12)18(25)26-19(2,3)4/h9-10,12H,5-8H2,1-4H3. The van der Waals surface area contributed by atoms with Crippen LogP contribution in [0.4, 0.5) is 14.3 Å². The van der Waals surface area contributed by atoms with E-state index >= 15 is 0 Å². The van der Waals surface area contributed by atoms with Crippen molar-refractivity contribution in [2.45, 2.75) is 65.0 Å². The minimum Gasteiger partial charge on any atom is -0.443 e. The van der Waals surface area contributed by atoms with Crippen LogP contribution in [-0.2, 0) is 4.74 Å². The van der Waals surface area contributed by atoms with E-state index in [9.17, 15) is 9.18 Å². The maximum atomic E-state index is 14.3. The van der Waals surface area contributed by atoms with Crippen LogP contribution in [0, 0.1) is 12.7 Å². The second kappa shape index (κ2) is 7.72. The van der Waals surface area contributed by atoms with Crippen LogP contribution in [0.5, 0.6) is 0 Å². The molecule has 1 aliphatic carbocycles. The largest absolute Gasteiger partial charge is 0.443 e. The van der Waals surface area contributed by atoms with Gasteiger partial charge in [0, 0.05) is 11.6 Å². The Morgan fingerprint density at radius 2 is 2.04 bits per heavy atom. The van der Waals surface area contributed by atoms with Gasteiger partial charge in [0.1, 0.15) is 16.6 Å². The molecule has 0 spiro atoms. The first kappa shape index (κ1) is 20.0. The van der Waals surface area contributed by atoms with Gasteiger partial charge in [0.15, 0.2) is 5.13 Å². The van der Waals surface area contributed by atoms with E-state index in [-0.39, 0.29) is 11.2 Å². The molecule has 0 N–H and O–H groups in total. The monoisotopic (exact) mass is 411 g/mol. The maximum absolute atomic E-state index is 14.3. The van der Waals surface area contributed by atoms with Crippen LogP contribution in [-0.4, -0.2) is 27.7 Å². The zero-order valence-electron chi connectivity index (χ0n) is 15.9. The van der Waals surface area contributed by atoms with Crippen LogP contribution in [0.2, 0.25) is 5.15 Å². The van der Waals surface area contributed by atoms with Crippen molar-refractivity contribution >= 4 is 34.2 Å². The van der Waals surface area contributed by atoms with Crippen molar-refractivity contribution in [2.24, 2.45) is 0 Å². The molecule has 8 heteroatoms. The van der Waals surface area contributed by atoms with Crippen LogP contribution in [0.1, 0.15) is 52.1 Å². The number of thiazole rings is 1. The van der Waals surface area contributed by atoms with E-state index in [1.807, 2.05) is 20.8 Å². The molecule has 2 aromatic heterocycles. The predicted molar refractivity (Wildman–Crippen MR) is 106 cm³/mol. The third-order valence-corrected chi connectivity index (χ3v) is 5.73. The highest BCUT2D eigenvalue weighted by Gasteiger charge is 2.34. The summed E-state index contributed by atoms with van der Waals surface area (Å²) in [5, 5.41) is 0.733. The Morgan fingerprint density at radius 3 is 2.67 bits per heavy atom. The van der Waals surface area contributed by atoms with Gasteiger partial charge in [0.25, 0.3) is 0 Å². The summed E-state index contributed by atoms with van der Waals surface area (Å²) in [5.74, 6) is -0.470. The summed E-state index contributed by atoms with van der Waals surface area (Å²) in [4.78, 5) is 23.5. The van der Waals surface area contributed by atoms with Crippen molar-refractivity contribution in [1.82, 2.24) is 9.97 Å². The van der Waals surface area contributed by atoms with Crippen molar-refractivity contribution in [2.75, 3.05) is 4.90 Å². The van der Waals surface area contributed by atoms with Gasteiger partial charge in [-0.2, -0.15) is 0 Å². The summed E-state index contributed by atoms with van der Waals surface area (Å²) >= 11 is 7.21. The first-order valence-corrected chi connectivity index (χ1v) is 10.2. The van der Waals surface area contributed by atoms with Gasteiger partial charge in [-0.1, -0.05) is 35.8 Å². The molecule has 3 rings (SSSR count). The van der Waals surface area contributed by atoms with Crippen molar-refractivity contribution in [3.8, 4) is 10.4 Å². The van der Waals surface area contributed by atoms with Crippen LogP contribution in [0.25, 0.3) is 10.4 Å². The number of aromatic nitrogens is 2. The second-order valence-electron chi connectivity index (χ2n) is 7.69. The Bertz CT molecular complexity index is 844. The van der Waals surface area contributed by atoms with Gasteiger partial charge >= 0.3 is 6.09 Å². The molecule has 0 aliphatic heterocycles. The SMILES string of the molecule is Cc1nc(N(C(=O)OC(C)(C)C)C2CCCC2)sc1-c1cc(Cl)ncc1F. The van der Waals surface area contributed by atoms with E-state index in [1.54, 1.807) is 11.8 Å².